The van der Waals surface area contributed by atoms with Crippen molar-refractivity contribution in [1.29, 1.82) is 0 Å². The van der Waals surface area contributed by atoms with E-state index in [2.05, 4.69) is 39.5 Å². The van der Waals surface area contributed by atoms with Crippen molar-refractivity contribution in [2.45, 2.75) is 53.0 Å². The molecule has 3 heteroatoms. The lowest BCUT2D eigenvalue weighted by molar-refractivity contribution is 0.0684. The molecule has 98 valence electrons. The second-order valence-electron chi connectivity index (χ2n) is 6.57. The Bertz CT molecular complexity index is 200. The fourth-order valence-electron chi connectivity index (χ4n) is 2.38. The molecule has 0 saturated carbocycles. The van der Waals surface area contributed by atoms with E-state index >= 15 is 0 Å². The number of halogens is 1. The van der Waals surface area contributed by atoms with Gasteiger partial charge in [-0.3, -0.25) is 0 Å². The van der Waals surface area contributed by atoms with Crippen molar-refractivity contribution in [3.63, 3.8) is 0 Å². The lowest BCUT2D eigenvalue weighted by Gasteiger charge is -2.43. The molecule has 1 rings (SSSR count). The first-order valence-corrected chi connectivity index (χ1v) is 6.24. The molecule has 2 N–H and O–H groups in total. The zero-order valence-electron chi connectivity index (χ0n) is 11.5. The molecular formula is C13H29ClN2. The average Bonchev–Trinajstić information content (AvgIpc) is 2.07. The van der Waals surface area contributed by atoms with Crippen LogP contribution in [0.2, 0.25) is 0 Å². The fourth-order valence-corrected chi connectivity index (χ4v) is 2.38. The van der Waals surface area contributed by atoms with E-state index in [0.717, 1.165) is 12.5 Å². The highest BCUT2D eigenvalue weighted by molar-refractivity contribution is 5.85. The predicted octanol–water partition coefficient (Wildman–Crippen LogP) is 2.90. The average molecular weight is 249 g/mol. The summed E-state index contributed by atoms with van der Waals surface area (Å²) in [7, 11) is 0. The van der Waals surface area contributed by atoms with Crippen molar-refractivity contribution in [3.8, 4) is 0 Å². The van der Waals surface area contributed by atoms with Crippen LogP contribution < -0.4 is 5.73 Å². The first-order valence-electron chi connectivity index (χ1n) is 6.24. The molecule has 0 aromatic carbocycles. The first-order chi connectivity index (χ1) is 6.73. The van der Waals surface area contributed by atoms with Crippen molar-refractivity contribution in [1.82, 2.24) is 4.90 Å². The Morgan fingerprint density at radius 2 is 1.69 bits per heavy atom. The van der Waals surface area contributed by atoms with E-state index < -0.39 is 0 Å². The lowest BCUT2D eigenvalue weighted by Crippen LogP contribution is -2.50. The van der Waals surface area contributed by atoms with Crippen LogP contribution in [0.1, 0.15) is 47.5 Å². The Morgan fingerprint density at radius 1 is 1.25 bits per heavy atom. The largest absolute Gasteiger partial charge is 0.324 e. The van der Waals surface area contributed by atoms with E-state index in [9.17, 15) is 0 Å². The second-order valence-corrected chi connectivity index (χ2v) is 6.57. The van der Waals surface area contributed by atoms with Crippen molar-refractivity contribution in [3.05, 3.63) is 0 Å². The molecule has 0 spiro atoms. The normalized spacial score (nSPS) is 21.9. The lowest BCUT2D eigenvalue weighted by atomic mass is 9.72. The SMILES string of the molecule is CC(C)C1(C)CCN(CC(C)(C)N)CC1.Cl. The third-order valence-corrected chi connectivity index (χ3v) is 4.02. The summed E-state index contributed by atoms with van der Waals surface area (Å²) in [6, 6.07) is 0. The second kappa shape index (κ2) is 5.70. The monoisotopic (exact) mass is 248 g/mol. The van der Waals surface area contributed by atoms with Gasteiger partial charge < -0.3 is 10.6 Å². The third-order valence-electron chi connectivity index (χ3n) is 4.02. The third kappa shape index (κ3) is 4.60. The van der Waals surface area contributed by atoms with Crippen LogP contribution in [-0.4, -0.2) is 30.1 Å². The zero-order valence-corrected chi connectivity index (χ0v) is 12.4. The van der Waals surface area contributed by atoms with Gasteiger partial charge in [0.15, 0.2) is 0 Å². The van der Waals surface area contributed by atoms with Gasteiger partial charge in [-0.25, -0.2) is 0 Å². The molecule has 1 fully saturated rings. The summed E-state index contributed by atoms with van der Waals surface area (Å²) >= 11 is 0. The molecule has 0 atom stereocenters. The van der Waals surface area contributed by atoms with E-state index in [4.69, 9.17) is 5.73 Å². The van der Waals surface area contributed by atoms with Gasteiger partial charge in [-0.1, -0.05) is 20.8 Å². The number of hydrogen-bond acceptors (Lipinski definition) is 2. The molecule has 0 aromatic rings. The van der Waals surface area contributed by atoms with Crippen molar-refractivity contribution >= 4 is 12.4 Å². The minimum Gasteiger partial charge on any atom is -0.324 e. The van der Waals surface area contributed by atoms with Crippen molar-refractivity contribution in [2.24, 2.45) is 17.1 Å². The summed E-state index contributed by atoms with van der Waals surface area (Å²) < 4.78 is 0. The smallest absolute Gasteiger partial charge is 0.0226 e. The van der Waals surface area contributed by atoms with Gasteiger partial charge in [0.2, 0.25) is 0 Å². The molecule has 1 aliphatic heterocycles. The highest BCUT2D eigenvalue weighted by Crippen LogP contribution is 2.38. The van der Waals surface area contributed by atoms with Crippen LogP contribution in [0.15, 0.2) is 0 Å². The van der Waals surface area contributed by atoms with Gasteiger partial charge in [-0.2, -0.15) is 0 Å². The minimum atomic E-state index is -0.0500. The quantitative estimate of drug-likeness (QED) is 0.832. The molecule has 0 bridgehead atoms. The Hall–Kier alpha value is 0.210. The van der Waals surface area contributed by atoms with Gasteiger partial charge >= 0.3 is 0 Å². The van der Waals surface area contributed by atoms with Crippen LogP contribution in [0.5, 0.6) is 0 Å². The molecule has 0 aromatic heterocycles. The molecule has 2 nitrogen and oxygen atoms in total. The van der Waals surface area contributed by atoms with Gasteiger partial charge in [-0.15, -0.1) is 12.4 Å². The summed E-state index contributed by atoms with van der Waals surface area (Å²) in [6.45, 7) is 14.8. The summed E-state index contributed by atoms with van der Waals surface area (Å²) in [6.07, 6.45) is 2.64. The maximum Gasteiger partial charge on any atom is 0.0226 e. The van der Waals surface area contributed by atoms with Gasteiger partial charge in [0, 0.05) is 12.1 Å². The van der Waals surface area contributed by atoms with E-state index in [1.54, 1.807) is 0 Å². The number of piperidine rings is 1. The first kappa shape index (κ1) is 16.2. The van der Waals surface area contributed by atoms with E-state index in [1.807, 2.05) is 0 Å². The fraction of sp³-hybridized carbons (Fsp3) is 1.00. The highest BCUT2D eigenvalue weighted by Gasteiger charge is 2.33. The van der Waals surface area contributed by atoms with E-state index in [1.165, 1.54) is 25.9 Å². The Balaban J connectivity index is 0.00000225. The number of nitrogens with zero attached hydrogens (tertiary/aromatic N) is 1. The highest BCUT2D eigenvalue weighted by atomic mass is 35.5. The Morgan fingerprint density at radius 3 is 2.00 bits per heavy atom. The zero-order chi connectivity index (χ0) is 11.7. The number of nitrogens with two attached hydrogens (primary N) is 1. The molecule has 16 heavy (non-hydrogen) atoms. The van der Waals surface area contributed by atoms with Crippen LogP contribution in [-0.2, 0) is 0 Å². The summed E-state index contributed by atoms with van der Waals surface area (Å²) in [5.74, 6) is 0.797. The van der Waals surface area contributed by atoms with Crippen LogP contribution in [0.3, 0.4) is 0 Å². The van der Waals surface area contributed by atoms with Crippen LogP contribution in [0.25, 0.3) is 0 Å². The van der Waals surface area contributed by atoms with Gasteiger partial charge in [0.1, 0.15) is 0 Å². The molecule has 1 heterocycles. The number of likely N-dealkylation sites (tertiary alicyclic amines) is 1. The van der Waals surface area contributed by atoms with E-state index in [-0.39, 0.29) is 17.9 Å². The summed E-state index contributed by atoms with van der Waals surface area (Å²) in [5, 5.41) is 0. The van der Waals surface area contributed by atoms with Crippen LogP contribution in [0, 0.1) is 11.3 Å². The minimum absolute atomic E-state index is 0. The molecule has 1 saturated heterocycles. The molecule has 0 aliphatic carbocycles. The van der Waals surface area contributed by atoms with Crippen LogP contribution in [0.4, 0.5) is 0 Å². The topological polar surface area (TPSA) is 29.3 Å². The molecular weight excluding hydrogens is 220 g/mol. The molecule has 0 radical (unpaired) electrons. The van der Waals surface area contributed by atoms with Crippen LogP contribution >= 0.6 is 12.4 Å². The van der Waals surface area contributed by atoms with Gasteiger partial charge in [0.25, 0.3) is 0 Å². The van der Waals surface area contributed by atoms with Crippen molar-refractivity contribution < 1.29 is 0 Å². The number of rotatable bonds is 3. The van der Waals surface area contributed by atoms with Crippen molar-refractivity contribution in [2.75, 3.05) is 19.6 Å². The maximum absolute atomic E-state index is 6.05. The standard InChI is InChI=1S/C13H28N2.ClH/c1-11(2)13(5)6-8-15(9-7-13)10-12(3,4)14;/h11H,6-10,14H2,1-5H3;1H. The predicted molar refractivity (Wildman–Crippen MR) is 74.1 cm³/mol. The number of hydrogen-bond donors (Lipinski definition) is 1. The van der Waals surface area contributed by atoms with Gasteiger partial charge in [-0.05, 0) is 51.1 Å². The summed E-state index contributed by atoms with van der Waals surface area (Å²) in [5.41, 5.74) is 6.55. The Labute approximate surface area is 107 Å². The molecule has 0 amide bonds. The van der Waals surface area contributed by atoms with E-state index in [0.29, 0.717) is 5.41 Å². The Kier molecular flexibility index (Phi) is 5.78. The van der Waals surface area contributed by atoms with Gasteiger partial charge in [0.05, 0.1) is 0 Å². The maximum atomic E-state index is 6.05. The molecule has 1 aliphatic rings. The molecule has 0 unspecified atom stereocenters. The summed E-state index contributed by atoms with van der Waals surface area (Å²) in [4.78, 5) is 2.52.